The molecule has 4 N–H and O–H groups in total. The van der Waals surface area contributed by atoms with Gasteiger partial charge in [0.05, 0.1) is 6.04 Å². The van der Waals surface area contributed by atoms with Crippen LogP contribution in [0, 0.1) is 0 Å². The van der Waals surface area contributed by atoms with Crippen LogP contribution in [0.15, 0.2) is 0 Å². The summed E-state index contributed by atoms with van der Waals surface area (Å²) in [4.78, 5) is 21.1. The zero-order valence-electron chi connectivity index (χ0n) is 7.39. The van der Waals surface area contributed by atoms with E-state index in [9.17, 15) is 9.59 Å². The van der Waals surface area contributed by atoms with Crippen LogP contribution in [-0.2, 0) is 9.59 Å². The monoisotopic (exact) mass is 173 g/mol. The SMILES string of the molecule is CNC(CCNC(C)=O)C(N)=O. The standard InChI is InChI=1S/C7H15N3O2/c1-5(11)10-4-3-6(9-2)7(8)12/h6,9H,3-4H2,1-2H3,(H2,8,12)(H,10,11). The number of primary amides is 1. The lowest BCUT2D eigenvalue weighted by molar-refractivity contribution is -0.121. The second-order valence-electron chi connectivity index (χ2n) is 2.52. The van der Waals surface area contributed by atoms with E-state index in [-0.39, 0.29) is 11.9 Å². The molecule has 70 valence electrons. The maximum atomic E-state index is 10.7. The highest BCUT2D eigenvalue weighted by Gasteiger charge is 2.11. The molecule has 2 amide bonds. The highest BCUT2D eigenvalue weighted by molar-refractivity contribution is 5.80. The van der Waals surface area contributed by atoms with Crippen LogP contribution in [-0.4, -0.2) is 31.4 Å². The number of nitrogens with two attached hydrogens (primary N) is 1. The number of likely N-dealkylation sites (N-methyl/N-ethyl adjacent to an activating group) is 1. The summed E-state index contributed by atoms with van der Waals surface area (Å²) in [6.07, 6.45) is 0.519. The Morgan fingerprint density at radius 2 is 2.08 bits per heavy atom. The lowest BCUT2D eigenvalue weighted by Gasteiger charge is -2.11. The molecule has 0 radical (unpaired) electrons. The van der Waals surface area contributed by atoms with Crippen molar-refractivity contribution in [2.45, 2.75) is 19.4 Å². The van der Waals surface area contributed by atoms with Crippen molar-refractivity contribution >= 4 is 11.8 Å². The number of amides is 2. The van der Waals surface area contributed by atoms with Crippen molar-refractivity contribution in [2.24, 2.45) is 5.73 Å². The van der Waals surface area contributed by atoms with Gasteiger partial charge in [-0.15, -0.1) is 0 Å². The predicted octanol–water partition coefficient (Wildman–Crippen LogP) is -1.41. The van der Waals surface area contributed by atoms with E-state index in [1.807, 2.05) is 0 Å². The molecule has 5 heteroatoms. The summed E-state index contributed by atoms with van der Waals surface area (Å²) in [5.74, 6) is -0.503. The highest BCUT2D eigenvalue weighted by atomic mass is 16.2. The number of hydrogen-bond acceptors (Lipinski definition) is 3. The molecular weight excluding hydrogens is 158 g/mol. The van der Waals surface area contributed by atoms with Gasteiger partial charge in [0.2, 0.25) is 11.8 Å². The van der Waals surface area contributed by atoms with Gasteiger partial charge in [-0.2, -0.15) is 0 Å². The fourth-order valence-corrected chi connectivity index (χ4v) is 0.821. The normalized spacial score (nSPS) is 12.2. The van der Waals surface area contributed by atoms with Gasteiger partial charge in [0.25, 0.3) is 0 Å². The summed E-state index contributed by atoms with van der Waals surface area (Å²) in [5, 5.41) is 5.33. The molecule has 1 unspecified atom stereocenters. The summed E-state index contributed by atoms with van der Waals surface area (Å²) in [6.45, 7) is 1.89. The molecule has 0 aromatic heterocycles. The average molecular weight is 173 g/mol. The molecule has 0 aliphatic rings. The van der Waals surface area contributed by atoms with Crippen molar-refractivity contribution in [1.29, 1.82) is 0 Å². The Bertz CT molecular complexity index is 170. The first-order valence-corrected chi connectivity index (χ1v) is 3.79. The number of rotatable bonds is 5. The average Bonchev–Trinajstić information content (AvgIpc) is 1.96. The maximum absolute atomic E-state index is 10.7. The lowest BCUT2D eigenvalue weighted by Crippen LogP contribution is -2.41. The van der Waals surface area contributed by atoms with Gasteiger partial charge in [0.15, 0.2) is 0 Å². The Labute approximate surface area is 71.7 Å². The molecule has 0 aromatic rings. The Hall–Kier alpha value is -1.10. The molecule has 0 aromatic carbocycles. The Morgan fingerprint density at radius 1 is 1.50 bits per heavy atom. The summed E-state index contributed by atoms with van der Waals surface area (Å²) in [6, 6.07) is -0.364. The molecule has 0 saturated heterocycles. The van der Waals surface area contributed by atoms with Gasteiger partial charge in [0.1, 0.15) is 0 Å². The van der Waals surface area contributed by atoms with E-state index in [2.05, 4.69) is 10.6 Å². The van der Waals surface area contributed by atoms with Crippen molar-refractivity contribution < 1.29 is 9.59 Å². The second-order valence-corrected chi connectivity index (χ2v) is 2.52. The zero-order chi connectivity index (χ0) is 9.56. The minimum absolute atomic E-state index is 0.102. The third kappa shape index (κ3) is 4.68. The number of hydrogen-bond donors (Lipinski definition) is 3. The zero-order valence-corrected chi connectivity index (χ0v) is 7.39. The van der Waals surface area contributed by atoms with Crippen molar-refractivity contribution in [3.05, 3.63) is 0 Å². The molecule has 0 aliphatic heterocycles. The number of nitrogens with one attached hydrogen (secondary N) is 2. The minimum atomic E-state index is -0.400. The first-order chi connectivity index (χ1) is 5.57. The molecular formula is C7H15N3O2. The molecule has 5 nitrogen and oxygen atoms in total. The van der Waals surface area contributed by atoms with E-state index >= 15 is 0 Å². The number of carbonyl (C=O) groups is 2. The van der Waals surface area contributed by atoms with E-state index in [1.165, 1.54) is 6.92 Å². The minimum Gasteiger partial charge on any atom is -0.368 e. The van der Waals surface area contributed by atoms with Gasteiger partial charge in [0, 0.05) is 13.5 Å². The van der Waals surface area contributed by atoms with Crippen LogP contribution in [0.2, 0.25) is 0 Å². The second kappa shape index (κ2) is 5.54. The van der Waals surface area contributed by atoms with Gasteiger partial charge < -0.3 is 16.4 Å². The van der Waals surface area contributed by atoms with E-state index < -0.39 is 5.91 Å². The Balaban J connectivity index is 3.59. The topological polar surface area (TPSA) is 84.2 Å². The third-order valence-electron chi connectivity index (χ3n) is 1.50. The van der Waals surface area contributed by atoms with Crippen LogP contribution >= 0.6 is 0 Å². The molecule has 0 aliphatic carbocycles. The van der Waals surface area contributed by atoms with E-state index in [0.29, 0.717) is 13.0 Å². The summed E-state index contributed by atoms with van der Waals surface area (Å²) in [7, 11) is 1.66. The molecule has 12 heavy (non-hydrogen) atoms. The molecule has 0 saturated carbocycles. The molecule has 1 atom stereocenters. The molecule has 0 rings (SSSR count). The van der Waals surface area contributed by atoms with Gasteiger partial charge in [-0.3, -0.25) is 9.59 Å². The molecule has 0 heterocycles. The van der Waals surface area contributed by atoms with Crippen molar-refractivity contribution in [2.75, 3.05) is 13.6 Å². The van der Waals surface area contributed by atoms with Crippen LogP contribution in [0.4, 0.5) is 0 Å². The fraction of sp³-hybridized carbons (Fsp3) is 0.714. The van der Waals surface area contributed by atoms with Crippen LogP contribution in [0.5, 0.6) is 0 Å². The van der Waals surface area contributed by atoms with E-state index in [0.717, 1.165) is 0 Å². The fourth-order valence-electron chi connectivity index (χ4n) is 0.821. The first kappa shape index (κ1) is 10.9. The summed E-state index contributed by atoms with van der Waals surface area (Å²) in [5.41, 5.74) is 5.05. The van der Waals surface area contributed by atoms with Crippen molar-refractivity contribution in [3.63, 3.8) is 0 Å². The number of carbonyl (C=O) groups excluding carboxylic acids is 2. The van der Waals surface area contributed by atoms with Gasteiger partial charge in [-0.05, 0) is 13.5 Å². The Kier molecular flexibility index (Phi) is 5.03. The van der Waals surface area contributed by atoms with E-state index in [4.69, 9.17) is 5.73 Å². The molecule has 0 fully saturated rings. The van der Waals surface area contributed by atoms with Crippen molar-refractivity contribution in [3.8, 4) is 0 Å². The highest BCUT2D eigenvalue weighted by Crippen LogP contribution is 1.87. The molecule has 0 bridgehead atoms. The first-order valence-electron chi connectivity index (χ1n) is 3.79. The quantitative estimate of drug-likeness (QED) is 0.477. The molecule has 0 spiro atoms. The van der Waals surface area contributed by atoms with Crippen molar-refractivity contribution in [1.82, 2.24) is 10.6 Å². The third-order valence-corrected chi connectivity index (χ3v) is 1.50. The Morgan fingerprint density at radius 3 is 2.42 bits per heavy atom. The van der Waals surface area contributed by atoms with Crippen LogP contribution in [0.1, 0.15) is 13.3 Å². The van der Waals surface area contributed by atoms with Crippen LogP contribution in [0.3, 0.4) is 0 Å². The lowest BCUT2D eigenvalue weighted by atomic mass is 10.2. The smallest absolute Gasteiger partial charge is 0.234 e. The largest absolute Gasteiger partial charge is 0.368 e. The van der Waals surface area contributed by atoms with Gasteiger partial charge in [-0.25, -0.2) is 0 Å². The van der Waals surface area contributed by atoms with E-state index in [1.54, 1.807) is 7.05 Å². The summed E-state index contributed by atoms with van der Waals surface area (Å²) < 4.78 is 0. The van der Waals surface area contributed by atoms with Crippen LogP contribution < -0.4 is 16.4 Å². The predicted molar refractivity (Wildman–Crippen MR) is 45.3 cm³/mol. The summed E-state index contributed by atoms with van der Waals surface area (Å²) >= 11 is 0. The van der Waals surface area contributed by atoms with Gasteiger partial charge in [-0.1, -0.05) is 0 Å². The maximum Gasteiger partial charge on any atom is 0.234 e. The van der Waals surface area contributed by atoms with Crippen LogP contribution in [0.25, 0.3) is 0 Å². The van der Waals surface area contributed by atoms with Gasteiger partial charge >= 0.3 is 0 Å².